The Morgan fingerprint density at radius 3 is 2.56 bits per heavy atom. The zero-order valence-electron chi connectivity index (χ0n) is 14.6. The molecule has 2 heterocycles. The van der Waals surface area contributed by atoms with Crippen LogP contribution in [-0.2, 0) is 6.54 Å². The van der Waals surface area contributed by atoms with E-state index >= 15 is 0 Å². The molecule has 1 aliphatic rings. The summed E-state index contributed by atoms with van der Waals surface area (Å²) in [6.45, 7) is 4.58. The molecule has 0 spiro atoms. The van der Waals surface area contributed by atoms with Crippen LogP contribution in [-0.4, -0.2) is 18.7 Å². The third kappa shape index (κ3) is 2.35. The second kappa shape index (κ2) is 6.02. The van der Waals surface area contributed by atoms with Gasteiger partial charge in [0.2, 0.25) is 0 Å². The van der Waals surface area contributed by atoms with Gasteiger partial charge >= 0.3 is 5.69 Å². The molecule has 1 aromatic carbocycles. The van der Waals surface area contributed by atoms with E-state index in [0.29, 0.717) is 17.7 Å². The molecule has 3 aromatic rings. The molecule has 0 N–H and O–H groups in total. The summed E-state index contributed by atoms with van der Waals surface area (Å²) in [6.07, 6.45) is 5.54. The maximum absolute atomic E-state index is 13.3. The smallest absolute Gasteiger partial charge is 0.325 e. The lowest BCUT2D eigenvalue weighted by atomic mass is 10.2. The molecule has 0 unspecified atom stereocenters. The highest BCUT2D eigenvalue weighted by Gasteiger charge is 2.26. The van der Waals surface area contributed by atoms with E-state index in [-0.39, 0.29) is 17.3 Å². The van der Waals surface area contributed by atoms with Gasteiger partial charge in [-0.15, -0.1) is 0 Å². The van der Waals surface area contributed by atoms with Gasteiger partial charge in [-0.1, -0.05) is 31.0 Å². The highest BCUT2D eigenvalue weighted by atomic mass is 16.2. The topological polar surface area (TPSA) is 61.8 Å². The maximum atomic E-state index is 13.3. The molecule has 4 rings (SSSR count). The van der Waals surface area contributed by atoms with Gasteiger partial charge in [0, 0.05) is 12.6 Å². The average molecular weight is 338 g/mol. The number of nitrogens with zero attached hydrogens (tertiary/aromatic N) is 4. The van der Waals surface area contributed by atoms with E-state index in [4.69, 9.17) is 0 Å². The maximum Gasteiger partial charge on any atom is 0.337 e. The molecule has 2 aromatic heterocycles. The second-order valence-electron chi connectivity index (χ2n) is 6.72. The van der Waals surface area contributed by atoms with Gasteiger partial charge < -0.3 is 4.57 Å². The Morgan fingerprint density at radius 1 is 1.16 bits per heavy atom. The molecule has 1 fully saturated rings. The Hall–Kier alpha value is -2.63. The number of aryl methyl sites for hydroxylation is 2. The standard InChI is InChI=1S/C19H22N4O2/c1-3-21-12-20-17-16(21)18(24)22(14-9-5-6-10-14)19(25)23(17)15-11-7-4-8-13(15)2/h4,7-8,11-12,14H,3,5-6,9-10H2,1-2H3. The summed E-state index contributed by atoms with van der Waals surface area (Å²) >= 11 is 0. The molecular weight excluding hydrogens is 316 g/mol. The van der Waals surface area contributed by atoms with Gasteiger partial charge in [0.05, 0.1) is 12.0 Å². The Morgan fingerprint density at radius 2 is 1.88 bits per heavy atom. The lowest BCUT2D eigenvalue weighted by Crippen LogP contribution is -2.42. The predicted molar refractivity (Wildman–Crippen MR) is 97.5 cm³/mol. The highest BCUT2D eigenvalue weighted by Crippen LogP contribution is 2.28. The number of benzene rings is 1. The van der Waals surface area contributed by atoms with E-state index in [1.165, 1.54) is 4.57 Å². The third-order valence-electron chi connectivity index (χ3n) is 5.24. The molecule has 0 atom stereocenters. The SMILES string of the molecule is CCn1cnc2c1c(=O)n(C1CCCC1)c(=O)n2-c1ccccc1C. The zero-order chi connectivity index (χ0) is 17.6. The van der Waals surface area contributed by atoms with Crippen LogP contribution >= 0.6 is 0 Å². The number of aromatic nitrogens is 4. The van der Waals surface area contributed by atoms with Crippen molar-refractivity contribution in [2.45, 2.75) is 52.1 Å². The number of para-hydroxylation sites is 1. The lowest BCUT2D eigenvalue weighted by molar-refractivity contribution is 0.474. The Balaban J connectivity index is 2.15. The van der Waals surface area contributed by atoms with E-state index in [1.54, 1.807) is 10.9 Å². The van der Waals surface area contributed by atoms with Crippen LogP contribution in [0.15, 0.2) is 40.2 Å². The van der Waals surface area contributed by atoms with Gasteiger partial charge in [-0.2, -0.15) is 0 Å². The predicted octanol–water partition coefficient (Wildman–Crippen LogP) is 2.79. The van der Waals surface area contributed by atoms with Crippen molar-refractivity contribution in [3.8, 4) is 5.69 Å². The van der Waals surface area contributed by atoms with Gasteiger partial charge in [-0.3, -0.25) is 9.36 Å². The fraction of sp³-hybridized carbons (Fsp3) is 0.421. The Labute approximate surface area is 145 Å². The molecule has 1 saturated carbocycles. The van der Waals surface area contributed by atoms with Crippen molar-refractivity contribution in [2.24, 2.45) is 0 Å². The summed E-state index contributed by atoms with van der Waals surface area (Å²) in [5.74, 6) is 0. The summed E-state index contributed by atoms with van der Waals surface area (Å²) in [4.78, 5) is 30.9. The van der Waals surface area contributed by atoms with E-state index in [0.717, 1.165) is 36.9 Å². The molecule has 1 aliphatic carbocycles. The van der Waals surface area contributed by atoms with Crippen molar-refractivity contribution in [2.75, 3.05) is 0 Å². The van der Waals surface area contributed by atoms with E-state index in [2.05, 4.69) is 4.98 Å². The molecule has 0 radical (unpaired) electrons. The second-order valence-corrected chi connectivity index (χ2v) is 6.72. The van der Waals surface area contributed by atoms with Crippen molar-refractivity contribution in [1.82, 2.24) is 18.7 Å². The van der Waals surface area contributed by atoms with Crippen molar-refractivity contribution >= 4 is 11.2 Å². The van der Waals surface area contributed by atoms with E-state index in [9.17, 15) is 9.59 Å². The van der Waals surface area contributed by atoms with Crippen LogP contribution in [0.2, 0.25) is 0 Å². The summed E-state index contributed by atoms with van der Waals surface area (Å²) in [5.41, 5.74) is 2.23. The lowest BCUT2D eigenvalue weighted by Gasteiger charge is -2.17. The first-order valence-corrected chi connectivity index (χ1v) is 8.92. The van der Waals surface area contributed by atoms with Crippen molar-refractivity contribution in [1.29, 1.82) is 0 Å². The number of fused-ring (bicyclic) bond motifs is 1. The van der Waals surface area contributed by atoms with Crippen LogP contribution in [0.25, 0.3) is 16.9 Å². The Bertz CT molecular complexity index is 1050. The first kappa shape index (κ1) is 15.9. The third-order valence-corrected chi connectivity index (χ3v) is 5.24. The fourth-order valence-electron chi connectivity index (χ4n) is 3.91. The number of rotatable bonds is 3. The normalized spacial score (nSPS) is 15.3. The minimum Gasteiger partial charge on any atom is -0.325 e. The highest BCUT2D eigenvalue weighted by molar-refractivity contribution is 5.72. The van der Waals surface area contributed by atoms with Crippen molar-refractivity contribution in [3.63, 3.8) is 0 Å². The van der Waals surface area contributed by atoms with E-state index in [1.807, 2.05) is 42.7 Å². The first-order valence-electron chi connectivity index (χ1n) is 8.92. The molecule has 0 aliphatic heterocycles. The monoisotopic (exact) mass is 338 g/mol. The molecule has 0 bridgehead atoms. The van der Waals surface area contributed by atoms with E-state index < -0.39 is 0 Å². The number of hydrogen-bond acceptors (Lipinski definition) is 3. The number of hydrogen-bond donors (Lipinski definition) is 0. The number of imidazole rings is 1. The van der Waals surface area contributed by atoms with Crippen LogP contribution in [0.1, 0.15) is 44.2 Å². The summed E-state index contributed by atoms with van der Waals surface area (Å²) in [6, 6.07) is 7.71. The first-order chi connectivity index (χ1) is 12.1. The molecular formula is C19H22N4O2. The van der Waals surface area contributed by atoms with Crippen LogP contribution < -0.4 is 11.2 Å². The zero-order valence-corrected chi connectivity index (χ0v) is 14.6. The van der Waals surface area contributed by atoms with Gasteiger partial charge in [-0.05, 0) is 38.3 Å². The summed E-state index contributed by atoms with van der Waals surface area (Å²) < 4.78 is 4.91. The molecule has 6 heteroatoms. The molecule has 0 saturated heterocycles. The van der Waals surface area contributed by atoms with Crippen LogP contribution in [0.4, 0.5) is 0 Å². The Kier molecular flexibility index (Phi) is 3.82. The van der Waals surface area contributed by atoms with Gasteiger partial charge in [-0.25, -0.2) is 14.3 Å². The minimum absolute atomic E-state index is 0.0140. The van der Waals surface area contributed by atoms with Gasteiger partial charge in [0.1, 0.15) is 0 Å². The van der Waals surface area contributed by atoms with Crippen LogP contribution in [0.3, 0.4) is 0 Å². The van der Waals surface area contributed by atoms with Gasteiger partial charge in [0.25, 0.3) is 5.56 Å². The average Bonchev–Trinajstić information content (AvgIpc) is 3.26. The molecule has 130 valence electrons. The minimum atomic E-state index is -0.278. The summed E-state index contributed by atoms with van der Waals surface area (Å²) in [5, 5.41) is 0. The van der Waals surface area contributed by atoms with Crippen molar-refractivity contribution < 1.29 is 0 Å². The van der Waals surface area contributed by atoms with Crippen LogP contribution in [0.5, 0.6) is 0 Å². The molecule has 6 nitrogen and oxygen atoms in total. The quantitative estimate of drug-likeness (QED) is 0.738. The molecule has 25 heavy (non-hydrogen) atoms. The van der Waals surface area contributed by atoms with Crippen LogP contribution in [0, 0.1) is 6.92 Å². The van der Waals surface area contributed by atoms with Crippen molar-refractivity contribution in [3.05, 3.63) is 57.0 Å². The fourth-order valence-corrected chi connectivity index (χ4v) is 3.91. The van der Waals surface area contributed by atoms with Gasteiger partial charge in [0.15, 0.2) is 11.2 Å². The molecule has 0 amide bonds. The summed E-state index contributed by atoms with van der Waals surface area (Å²) in [7, 11) is 0. The largest absolute Gasteiger partial charge is 0.337 e.